The third-order valence-corrected chi connectivity index (χ3v) is 2.74. The number of ether oxygens (including phenoxy) is 1. The van der Waals surface area contributed by atoms with Gasteiger partial charge in [-0.05, 0) is 12.8 Å². The summed E-state index contributed by atoms with van der Waals surface area (Å²) >= 11 is 0. The lowest BCUT2D eigenvalue weighted by Gasteiger charge is -1.99. The minimum absolute atomic E-state index is 0.955. The SMILES string of the molecule is CCCCCCCC.CCCCOCCCC. The molecule has 106 valence electrons. The Morgan fingerprint density at radius 3 is 1.12 bits per heavy atom. The molecule has 0 rings (SSSR count). The van der Waals surface area contributed by atoms with Crippen molar-refractivity contribution in [3.63, 3.8) is 0 Å². The molecule has 0 aromatic heterocycles. The molecule has 0 spiro atoms. The van der Waals surface area contributed by atoms with Crippen LogP contribution in [0, 0.1) is 0 Å². The predicted octanol–water partition coefficient (Wildman–Crippen LogP) is 5.97. The number of hydrogen-bond acceptors (Lipinski definition) is 1. The number of rotatable bonds is 11. The zero-order valence-corrected chi connectivity index (χ0v) is 12.9. The van der Waals surface area contributed by atoms with Gasteiger partial charge < -0.3 is 4.74 Å². The molecule has 0 saturated heterocycles. The van der Waals surface area contributed by atoms with Crippen molar-refractivity contribution in [1.82, 2.24) is 0 Å². The van der Waals surface area contributed by atoms with Crippen LogP contribution >= 0.6 is 0 Å². The van der Waals surface area contributed by atoms with Gasteiger partial charge in [0.1, 0.15) is 0 Å². The van der Waals surface area contributed by atoms with Gasteiger partial charge in [-0.3, -0.25) is 0 Å². The number of unbranched alkanes of at least 4 members (excludes halogenated alkanes) is 7. The van der Waals surface area contributed by atoms with E-state index in [9.17, 15) is 0 Å². The van der Waals surface area contributed by atoms with E-state index in [0.29, 0.717) is 0 Å². The lowest BCUT2D eigenvalue weighted by atomic mass is 10.1. The van der Waals surface area contributed by atoms with Crippen LogP contribution in [0.5, 0.6) is 0 Å². The molecule has 0 heterocycles. The Morgan fingerprint density at radius 2 is 0.824 bits per heavy atom. The summed E-state index contributed by atoms with van der Waals surface area (Å²) in [6.45, 7) is 10.8. The molecule has 0 bridgehead atoms. The van der Waals surface area contributed by atoms with Crippen LogP contribution in [0.15, 0.2) is 0 Å². The molecular weight excluding hydrogens is 208 g/mol. The van der Waals surface area contributed by atoms with Gasteiger partial charge >= 0.3 is 0 Å². The maximum Gasteiger partial charge on any atom is 0.0465 e. The highest BCUT2D eigenvalue weighted by Crippen LogP contribution is 2.03. The van der Waals surface area contributed by atoms with Crippen molar-refractivity contribution in [3.8, 4) is 0 Å². The standard InChI is InChI=1S/C8H18O.C8H18/c1-3-5-7-9-8-6-4-2;1-3-5-7-8-6-4-2/h3-8H2,1-2H3;3-8H2,1-2H3. The van der Waals surface area contributed by atoms with Crippen molar-refractivity contribution >= 4 is 0 Å². The van der Waals surface area contributed by atoms with Crippen LogP contribution in [0.25, 0.3) is 0 Å². The Labute approximate surface area is 110 Å². The van der Waals surface area contributed by atoms with E-state index < -0.39 is 0 Å². The Morgan fingerprint density at radius 1 is 0.471 bits per heavy atom. The normalized spacial score (nSPS) is 9.88. The Balaban J connectivity index is 0. The first kappa shape index (κ1) is 19.3. The van der Waals surface area contributed by atoms with Crippen molar-refractivity contribution in [2.24, 2.45) is 0 Å². The third kappa shape index (κ3) is 25.9. The maximum absolute atomic E-state index is 5.31. The maximum atomic E-state index is 5.31. The van der Waals surface area contributed by atoms with E-state index in [1.807, 2.05) is 0 Å². The fourth-order valence-electron chi connectivity index (χ4n) is 1.45. The predicted molar refractivity (Wildman–Crippen MR) is 79.7 cm³/mol. The van der Waals surface area contributed by atoms with Gasteiger partial charge in [0.2, 0.25) is 0 Å². The zero-order chi connectivity index (χ0) is 13.2. The molecule has 0 aromatic carbocycles. The minimum Gasteiger partial charge on any atom is -0.381 e. The molecule has 1 nitrogen and oxygen atoms in total. The van der Waals surface area contributed by atoms with Crippen LogP contribution in [0.2, 0.25) is 0 Å². The van der Waals surface area contributed by atoms with Gasteiger partial charge in [0.05, 0.1) is 0 Å². The fourth-order valence-corrected chi connectivity index (χ4v) is 1.45. The van der Waals surface area contributed by atoms with Gasteiger partial charge in [-0.1, -0.05) is 79.1 Å². The van der Waals surface area contributed by atoms with E-state index in [1.165, 1.54) is 64.2 Å². The van der Waals surface area contributed by atoms with Crippen LogP contribution in [0.4, 0.5) is 0 Å². The van der Waals surface area contributed by atoms with E-state index in [4.69, 9.17) is 4.74 Å². The average Bonchev–Trinajstić information content (AvgIpc) is 2.36. The van der Waals surface area contributed by atoms with Gasteiger partial charge in [-0.2, -0.15) is 0 Å². The number of hydrogen-bond donors (Lipinski definition) is 0. The second-order valence-electron chi connectivity index (χ2n) is 4.73. The molecule has 0 fully saturated rings. The van der Waals surface area contributed by atoms with Crippen LogP contribution in [0.3, 0.4) is 0 Å². The molecule has 0 aliphatic heterocycles. The van der Waals surface area contributed by atoms with E-state index in [2.05, 4.69) is 27.7 Å². The van der Waals surface area contributed by atoms with Gasteiger partial charge in [0, 0.05) is 13.2 Å². The van der Waals surface area contributed by atoms with Crippen molar-refractivity contribution < 1.29 is 4.74 Å². The highest BCUT2D eigenvalue weighted by molar-refractivity contribution is 4.39. The summed E-state index contributed by atoms with van der Waals surface area (Å²) in [5.41, 5.74) is 0. The smallest absolute Gasteiger partial charge is 0.0465 e. The summed E-state index contributed by atoms with van der Waals surface area (Å²) in [4.78, 5) is 0. The Hall–Kier alpha value is -0.0400. The van der Waals surface area contributed by atoms with Crippen molar-refractivity contribution in [3.05, 3.63) is 0 Å². The summed E-state index contributed by atoms with van der Waals surface area (Å²) in [5, 5.41) is 0. The first-order valence-corrected chi connectivity index (χ1v) is 7.91. The van der Waals surface area contributed by atoms with E-state index in [1.54, 1.807) is 0 Å². The van der Waals surface area contributed by atoms with Gasteiger partial charge in [0.15, 0.2) is 0 Å². The van der Waals surface area contributed by atoms with Crippen LogP contribution in [-0.4, -0.2) is 13.2 Å². The molecule has 0 N–H and O–H groups in total. The van der Waals surface area contributed by atoms with Gasteiger partial charge in [-0.15, -0.1) is 0 Å². The molecule has 17 heavy (non-hydrogen) atoms. The second kappa shape index (κ2) is 21.3. The van der Waals surface area contributed by atoms with E-state index in [-0.39, 0.29) is 0 Å². The quantitative estimate of drug-likeness (QED) is 0.407. The Bertz CT molecular complexity index is 89.7. The van der Waals surface area contributed by atoms with Crippen LogP contribution in [0.1, 0.15) is 91.9 Å². The monoisotopic (exact) mass is 244 g/mol. The summed E-state index contributed by atoms with van der Waals surface area (Å²) in [5.74, 6) is 0. The van der Waals surface area contributed by atoms with Crippen molar-refractivity contribution in [2.45, 2.75) is 91.9 Å². The molecule has 1 heteroatoms. The van der Waals surface area contributed by atoms with Crippen LogP contribution in [-0.2, 0) is 4.74 Å². The van der Waals surface area contributed by atoms with Gasteiger partial charge in [0.25, 0.3) is 0 Å². The topological polar surface area (TPSA) is 9.23 Å². The van der Waals surface area contributed by atoms with Crippen LogP contribution < -0.4 is 0 Å². The average molecular weight is 244 g/mol. The largest absolute Gasteiger partial charge is 0.381 e. The highest BCUT2D eigenvalue weighted by Gasteiger charge is 1.84. The fraction of sp³-hybridized carbons (Fsp3) is 1.00. The highest BCUT2D eigenvalue weighted by atomic mass is 16.5. The zero-order valence-electron chi connectivity index (χ0n) is 12.9. The summed E-state index contributed by atoms with van der Waals surface area (Å²) in [6.07, 6.45) is 13.4. The second-order valence-corrected chi connectivity index (χ2v) is 4.73. The van der Waals surface area contributed by atoms with Crippen molar-refractivity contribution in [2.75, 3.05) is 13.2 Å². The van der Waals surface area contributed by atoms with Gasteiger partial charge in [-0.25, -0.2) is 0 Å². The Kier molecular flexibility index (Phi) is 24.1. The summed E-state index contributed by atoms with van der Waals surface area (Å²) in [7, 11) is 0. The molecule has 0 aromatic rings. The molecule has 0 saturated carbocycles. The minimum atomic E-state index is 0.955. The first-order valence-electron chi connectivity index (χ1n) is 7.91. The molecule has 0 unspecified atom stereocenters. The molecule has 0 aliphatic rings. The van der Waals surface area contributed by atoms with E-state index in [0.717, 1.165) is 13.2 Å². The summed E-state index contributed by atoms with van der Waals surface area (Å²) in [6, 6.07) is 0. The lowest BCUT2D eigenvalue weighted by molar-refractivity contribution is 0.128. The molecule has 0 radical (unpaired) electrons. The third-order valence-electron chi connectivity index (χ3n) is 2.74. The molecular formula is C16H36O. The lowest BCUT2D eigenvalue weighted by Crippen LogP contribution is -1.95. The molecule has 0 amide bonds. The summed E-state index contributed by atoms with van der Waals surface area (Å²) < 4.78 is 5.31. The molecule has 0 aliphatic carbocycles. The molecule has 0 atom stereocenters. The van der Waals surface area contributed by atoms with Crippen molar-refractivity contribution in [1.29, 1.82) is 0 Å². The first-order chi connectivity index (χ1) is 8.33. The van der Waals surface area contributed by atoms with E-state index >= 15 is 0 Å².